The maximum absolute atomic E-state index is 14.4. The molecule has 0 aliphatic carbocycles. The summed E-state index contributed by atoms with van der Waals surface area (Å²) >= 11 is 0. The second kappa shape index (κ2) is 11.2. The summed E-state index contributed by atoms with van der Waals surface area (Å²) in [5.41, 5.74) is 1.43. The van der Waals surface area contributed by atoms with E-state index in [1.165, 1.54) is 6.07 Å². The number of methoxy groups -OCH3 is 3. The largest absolute Gasteiger partial charge is 0.493 e. The van der Waals surface area contributed by atoms with Gasteiger partial charge in [0.1, 0.15) is 11.9 Å². The number of aromatic amines is 1. The van der Waals surface area contributed by atoms with Crippen molar-refractivity contribution in [3.8, 4) is 11.5 Å². The van der Waals surface area contributed by atoms with Crippen molar-refractivity contribution in [3.05, 3.63) is 70.0 Å². The second-order valence-corrected chi connectivity index (χ2v) is 8.98. The topological polar surface area (TPSA) is 111 Å². The van der Waals surface area contributed by atoms with E-state index in [1.807, 2.05) is 23.1 Å². The zero-order chi connectivity index (χ0) is 26.6. The number of piperazine rings is 1. The Balaban J connectivity index is 1.55. The molecule has 2 aromatic heterocycles. The first-order valence-corrected chi connectivity index (χ1v) is 12.3. The molecule has 0 radical (unpaired) electrons. The van der Waals surface area contributed by atoms with Gasteiger partial charge in [-0.05, 0) is 34.7 Å². The van der Waals surface area contributed by atoms with E-state index in [4.69, 9.17) is 14.2 Å². The van der Waals surface area contributed by atoms with E-state index in [0.717, 1.165) is 5.39 Å². The highest BCUT2D eigenvalue weighted by Gasteiger charge is 2.33. The number of H-pyrrole nitrogens is 1. The van der Waals surface area contributed by atoms with Gasteiger partial charge in [-0.2, -0.15) is 0 Å². The number of hydrogen-bond acceptors (Lipinski definition) is 9. The minimum Gasteiger partial charge on any atom is -0.493 e. The van der Waals surface area contributed by atoms with E-state index in [-0.39, 0.29) is 11.4 Å². The lowest BCUT2D eigenvalue weighted by molar-refractivity contribution is 0.171. The Morgan fingerprint density at radius 1 is 1.03 bits per heavy atom. The van der Waals surface area contributed by atoms with Crippen LogP contribution in [0, 0.1) is 5.82 Å². The number of aromatic nitrogens is 5. The molecule has 0 spiro atoms. The average molecular weight is 524 g/mol. The number of halogens is 1. The summed E-state index contributed by atoms with van der Waals surface area (Å²) in [6, 6.07) is 11.6. The van der Waals surface area contributed by atoms with Crippen LogP contribution in [0.1, 0.15) is 17.4 Å². The van der Waals surface area contributed by atoms with Crippen LogP contribution < -0.4 is 19.9 Å². The molecule has 5 rings (SSSR count). The summed E-state index contributed by atoms with van der Waals surface area (Å²) in [5, 5.41) is 13.2. The highest BCUT2D eigenvalue weighted by atomic mass is 19.1. The normalized spacial score (nSPS) is 15.1. The number of nitrogens with zero attached hydrogens (tertiary/aromatic N) is 6. The molecule has 1 unspecified atom stereocenters. The lowest BCUT2D eigenvalue weighted by atomic mass is 10.0. The Morgan fingerprint density at radius 3 is 2.47 bits per heavy atom. The molecule has 1 fully saturated rings. The fourth-order valence-electron chi connectivity index (χ4n) is 4.93. The number of rotatable bonds is 9. The molecule has 1 aliphatic rings. The summed E-state index contributed by atoms with van der Waals surface area (Å²) in [7, 11) is 4.73. The molecular weight excluding hydrogens is 493 g/mol. The number of anilines is 1. The van der Waals surface area contributed by atoms with Crippen LogP contribution in [-0.4, -0.2) is 84.2 Å². The van der Waals surface area contributed by atoms with Gasteiger partial charge in [0.15, 0.2) is 17.3 Å². The zero-order valence-corrected chi connectivity index (χ0v) is 21.6. The van der Waals surface area contributed by atoms with Crippen molar-refractivity contribution in [2.24, 2.45) is 0 Å². The molecule has 1 N–H and O–H groups in total. The van der Waals surface area contributed by atoms with Crippen molar-refractivity contribution < 1.29 is 18.6 Å². The smallest absolute Gasteiger partial charge is 0.253 e. The molecule has 0 saturated carbocycles. The zero-order valence-electron chi connectivity index (χ0n) is 21.6. The number of ether oxygens (including phenoxy) is 3. The van der Waals surface area contributed by atoms with Gasteiger partial charge in [0.2, 0.25) is 0 Å². The lowest BCUT2D eigenvalue weighted by Gasteiger charge is -2.39. The SMILES string of the molecule is COCCn1nnnc1C(c1cc2cc(OC)c(OC)cc2[nH]c1=O)N1CCN(c2ccccc2F)CC1. The third-order valence-electron chi connectivity index (χ3n) is 6.86. The van der Waals surface area contributed by atoms with E-state index in [1.54, 1.807) is 44.2 Å². The maximum atomic E-state index is 14.4. The molecule has 1 aliphatic heterocycles. The van der Waals surface area contributed by atoms with Crippen molar-refractivity contribution in [2.45, 2.75) is 12.6 Å². The number of pyridine rings is 1. The monoisotopic (exact) mass is 523 g/mol. The fraction of sp³-hybridized carbons (Fsp3) is 0.385. The van der Waals surface area contributed by atoms with Gasteiger partial charge in [-0.1, -0.05) is 12.1 Å². The van der Waals surface area contributed by atoms with Crippen LogP contribution in [0.5, 0.6) is 11.5 Å². The molecule has 11 nitrogen and oxygen atoms in total. The van der Waals surface area contributed by atoms with Crippen LogP contribution in [0.3, 0.4) is 0 Å². The third kappa shape index (κ3) is 4.92. The van der Waals surface area contributed by atoms with Gasteiger partial charge >= 0.3 is 0 Å². The molecule has 3 heterocycles. The highest BCUT2D eigenvalue weighted by molar-refractivity contribution is 5.83. The molecule has 12 heteroatoms. The van der Waals surface area contributed by atoms with E-state index in [2.05, 4.69) is 25.4 Å². The quantitative estimate of drug-likeness (QED) is 0.353. The highest BCUT2D eigenvalue weighted by Crippen LogP contribution is 2.34. The minimum absolute atomic E-state index is 0.253. The van der Waals surface area contributed by atoms with E-state index in [0.29, 0.717) is 73.4 Å². The summed E-state index contributed by atoms with van der Waals surface area (Å²) in [5.74, 6) is 1.36. The minimum atomic E-state index is -0.536. The van der Waals surface area contributed by atoms with Crippen molar-refractivity contribution in [1.29, 1.82) is 0 Å². The number of nitrogens with one attached hydrogen (secondary N) is 1. The van der Waals surface area contributed by atoms with Crippen LogP contribution in [0.4, 0.5) is 10.1 Å². The van der Waals surface area contributed by atoms with Crippen LogP contribution in [-0.2, 0) is 11.3 Å². The van der Waals surface area contributed by atoms with Gasteiger partial charge in [-0.3, -0.25) is 9.69 Å². The van der Waals surface area contributed by atoms with Gasteiger partial charge in [0, 0.05) is 50.3 Å². The number of hydrogen-bond donors (Lipinski definition) is 1. The lowest BCUT2D eigenvalue weighted by Crippen LogP contribution is -2.49. The van der Waals surface area contributed by atoms with Gasteiger partial charge in [0.25, 0.3) is 5.56 Å². The summed E-state index contributed by atoms with van der Waals surface area (Å²) < 4.78 is 32.2. The van der Waals surface area contributed by atoms with Gasteiger partial charge in [-0.25, -0.2) is 9.07 Å². The van der Waals surface area contributed by atoms with Crippen LogP contribution in [0.2, 0.25) is 0 Å². The molecule has 0 amide bonds. The molecule has 0 bridgehead atoms. The summed E-state index contributed by atoms with van der Waals surface area (Å²) in [6.07, 6.45) is 0. The van der Waals surface area contributed by atoms with Crippen molar-refractivity contribution >= 4 is 16.6 Å². The predicted octanol–water partition coefficient (Wildman–Crippen LogP) is 2.23. The number of fused-ring (bicyclic) bond motifs is 1. The predicted molar refractivity (Wildman–Crippen MR) is 139 cm³/mol. The van der Waals surface area contributed by atoms with Crippen LogP contribution in [0.15, 0.2) is 47.3 Å². The number of para-hydroxylation sites is 1. The Labute approximate surface area is 218 Å². The molecule has 200 valence electrons. The Hall–Kier alpha value is -4.03. The molecule has 4 aromatic rings. The maximum Gasteiger partial charge on any atom is 0.253 e. The standard InChI is InChI=1S/C26H30FN7O4/c1-36-13-12-34-25(29-30-31-34)24(33-10-8-32(9-11-33)21-7-5-4-6-19(21)27)18-14-17-15-22(37-2)23(38-3)16-20(17)28-26(18)35/h4-7,14-16,24H,8-13H2,1-3H3,(H,28,35). The average Bonchev–Trinajstić information content (AvgIpc) is 3.40. The number of benzene rings is 2. The molecular formula is C26H30FN7O4. The number of tetrazole rings is 1. The molecule has 1 atom stereocenters. The van der Waals surface area contributed by atoms with E-state index >= 15 is 0 Å². The van der Waals surface area contributed by atoms with E-state index in [9.17, 15) is 9.18 Å². The first kappa shape index (κ1) is 25.6. The van der Waals surface area contributed by atoms with Crippen molar-refractivity contribution in [3.63, 3.8) is 0 Å². The van der Waals surface area contributed by atoms with Crippen molar-refractivity contribution in [2.75, 3.05) is 59.0 Å². The van der Waals surface area contributed by atoms with Gasteiger partial charge in [0.05, 0.1) is 38.6 Å². The Morgan fingerprint density at radius 2 is 1.76 bits per heavy atom. The summed E-state index contributed by atoms with van der Waals surface area (Å²) in [4.78, 5) is 20.7. The summed E-state index contributed by atoms with van der Waals surface area (Å²) in [6.45, 7) is 3.14. The van der Waals surface area contributed by atoms with Gasteiger partial charge < -0.3 is 24.1 Å². The van der Waals surface area contributed by atoms with Crippen LogP contribution in [0.25, 0.3) is 10.9 Å². The first-order valence-electron chi connectivity index (χ1n) is 12.3. The molecule has 38 heavy (non-hydrogen) atoms. The van der Waals surface area contributed by atoms with E-state index < -0.39 is 6.04 Å². The van der Waals surface area contributed by atoms with Crippen LogP contribution >= 0.6 is 0 Å². The van der Waals surface area contributed by atoms with Crippen molar-refractivity contribution in [1.82, 2.24) is 30.1 Å². The molecule has 2 aromatic carbocycles. The Bertz CT molecular complexity index is 1470. The second-order valence-electron chi connectivity index (χ2n) is 8.98. The first-order chi connectivity index (χ1) is 18.5. The molecule has 1 saturated heterocycles. The fourth-order valence-corrected chi connectivity index (χ4v) is 4.93. The van der Waals surface area contributed by atoms with Gasteiger partial charge in [-0.15, -0.1) is 5.10 Å². The Kier molecular flexibility index (Phi) is 7.52. The third-order valence-corrected chi connectivity index (χ3v) is 6.86.